The van der Waals surface area contributed by atoms with E-state index in [9.17, 15) is 4.79 Å². The molecular formula is C20H28N2O3S. The van der Waals surface area contributed by atoms with E-state index in [0.29, 0.717) is 18.2 Å². The third-order valence-electron chi connectivity index (χ3n) is 4.88. The normalized spacial score (nSPS) is 21.0. The molecule has 0 radical (unpaired) electrons. The Hall–Kier alpha value is -1.69. The fourth-order valence-electron chi connectivity index (χ4n) is 3.47. The van der Waals surface area contributed by atoms with Crippen LogP contribution >= 0.6 is 11.3 Å². The van der Waals surface area contributed by atoms with Gasteiger partial charge in [-0.1, -0.05) is 0 Å². The quantitative estimate of drug-likeness (QED) is 0.705. The maximum Gasteiger partial charge on any atom is 0.306 e. The van der Waals surface area contributed by atoms with Gasteiger partial charge in [0.25, 0.3) is 0 Å². The molecule has 2 aromatic heterocycles. The lowest BCUT2D eigenvalue weighted by molar-refractivity contribution is -0.156. The average Bonchev–Trinajstić information content (AvgIpc) is 2.83. The summed E-state index contributed by atoms with van der Waals surface area (Å²) >= 11 is 1.68. The Morgan fingerprint density at radius 3 is 2.54 bits per heavy atom. The third kappa shape index (κ3) is 4.53. The fourth-order valence-corrected chi connectivity index (χ4v) is 4.46. The first-order valence-corrected chi connectivity index (χ1v) is 10.1. The number of hydrogen-bond donors (Lipinski definition) is 0. The van der Waals surface area contributed by atoms with Crippen molar-refractivity contribution in [2.45, 2.75) is 78.4 Å². The van der Waals surface area contributed by atoms with Crippen molar-refractivity contribution in [3.05, 3.63) is 16.8 Å². The predicted molar refractivity (Wildman–Crippen MR) is 104 cm³/mol. The molecule has 26 heavy (non-hydrogen) atoms. The third-order valence-corrected chi connectivity index (χ3v) is 5.99. The van der Waals surface area contributed by atoms with E-state index in [-0.39, 0.29) is 12.1 Å². The average molecular weight is 377 g/mol. The first kappa shape index (κ1) is 19.1. The van der Waals surface area contributed by atoms with Crippen molar-refractivity contribution in [3.8, 4) is 5.88 Å². The smallest absolute Gasteiger partial charge is 0.306 e. The number of carbonyl (C=O) groups excluding carboxylic acids is 1. The molecule has 1 saturated carbocycles. The SMILES string of the molecule is Cc1sc2ncnc(OC3CCC(CC(=O)OC(C)(C)C)CC3)c2c1C. The summed E-state index contributed by atoms with van der Waals surface area (Å²) in [6, 6.07) is 0. The molecule has 0 bridgehead atoms. The largest absolute Gasteiger partial charge is 0.474 e. The molecule has 2 aromatic rings. The van der Waals surface area contributed by atoms with Gasteiger partial charge in [-0.25, -0.2) is 9.97 Å². The topological polar surface area (TPSA) is 61.3 Å². The summed E-state index contributed by atoms with van der Waals surface area (Å²) in [5, 5.41) is 1.05. The number of aromatic nitrogens is 2. The van der Waals surface area contributed by atoms with Crippen LogP contribution in [0.15, 0.2) is 6.33 Å². The molecule has 2 heterocycles. The van der Waals surface area contributed by atoms with E-state index in [1.807, 2.05) is 20.8 Å². The van der Waals surface area contributed by atoms with Gasteiger partial charge >= 0.3 is 5.97 Å². The highest BCUT2D eigenvalue weighted by Gasteiger charge is 2.27. The highest BCUT2D eigenvalue weighted by Crippen LogP contribution is 2.36. The van der Waals surface area contributed by atoms with Gasteiger partial charge in [-0.3, -0.25) is 4.79 Å². The van der Waals surface area contributed by atoms with E-state index in [4.69, 9.17) is 9.47 Å². The zero-order valence-corrected chi connectivity index (χ0v) is 17.1. The number of ether oxygens (including phenoxy) is 2. The van der Waals surface area contributed by atoms with Crippen LogP contribution in [0.3, 0.4) is 0 Å². The van der Waals surface area contributed by atoms with Gasteiger partial charge in [0.15, 0.2) is 0 Å². The number of carbonyl (C=O) groups is 1. The van der Waals surface area contributed by atoms with E-state index in [1.165, 1.54) is 10.4 Å². The minimum Gasteiger partial charge on any atom is -0.474 e. The van der Waals surface area contributed by atoms with Crippen molar-refractivity contribution in [2.24, 2.45) is 5.92 Å². The van der Waals surface area contributed by atoms with Crippen LogP contribution in [0, 0.1) is 19.8 Å². The number of esters is 1. The summed E-state index contributed by atoms with van der Waals surface area (Å²) in [4.78, 5) is 23.0. The number of fused-ring (bicyclic) bond motifs is 1. The summed E-state index contributed by atoms with van der Waals surface area (Å²) in [6.45, 7) is 9.93. The van der Waals surface area contributed by atoms with Gasteiger partial charge in [0.05, 0.1) is 5.39 Å². The van der Waals surface area contributed by atoms with E-state index in [1.54, 1.807) is 17.7 Å². The van der Waals surface area contributed by atoms with E-state index in [2.05, 4.69) is 23.8 Å². The van der Waals surface area contributed by atoms with Crippen LogP contribution in [-0.4, -0.2) is 27.6 Å². The number of hydrogen-bond acceptors (Lipinski definition) is 6. The van der Waals surface area contributed by atoms with E-state index in [0.717, 1.165) is 35.9 Å². The highest BCUT2D eigenvalue weighted by molar-refractivity contribution is 7.18. The van der Waals surface area contributed by atoms with Gasteiger partial charge in [0, 0.05) is 11.3 Å². The molecule has 0 aromatic carbocycles. The van der Waals surface area contributed by atoms with Crippen LogP contribution < -0.4 is 4.74 Å². The highest BCUT2D eigenvalue weighted by atomic mass is 32.1. The molecule has 5 nitrogen and oxygen atoms in total. The lowest BCUT2D eigenvalue weighted by atomic mass is 9.85. The second-order valence-corrected chi connectivity index (χ2v) is 9.40. The zero-order valence-electron chi connectivity index (χ0n) is 16.3. The monoisotopic (exact) mass is 376 g/mol. The minimum absolute atomic E-state index is 0.0937. The number of aryl methyl sites for hydroxylation is 2. The molecule has 1 aliphatic carbocycles. The van der Waals surface area contributed by atoms with Crippen LogP contribution in [0.4, 0.5) is 0 Å². The Kier molecular flexibility index (Phi) is 5.51. The Bertz CT molecular complexity index is 786. The lowest BCUT2D eigenvalue weighted by Crippen LogP contribution is -2.28. The summed E-state index contributed by atoms with van der Waals surface area (Å²) in [5.74, 6) is 0.997. The second-order valence-electron chi connectivity index (χ2n) is 8.19. The van der Waals surface area contributed by atoms with Gasteiger partial charge < -0.3 is 9.47 Å². The summed E-state index contributed by atoms with van der Waals surface area (Å²) in [7, 11) is 0. The Morgan fingerprint density at radius 1 is 1.19 bits per heavy atom. The Balaban J connectivity index is 1.57. The summed E-state index contributed by atoms with van der Waals surface area (Å²) in [5.41, 5.74) is 0.797. The molecule has 0 amide bonds. The maximum atomic E-state index is 12.0. The van der Waals surface area contributed by atoms with Gasteiger partial charge in [0.1, 0.15) is 22.9 Å². The van der Waals surface area contributed by atoms with Crippen molar-refractivity contribution in [2.75, 3.05) is 0 Å². The standard InChI is InChI=1S/C20H28N2O3S/c1-12-13(2)26-19-17(12)18(21-11-22-19)24-15-8-6-14(7-9-15)10-16(23)25-20(3,4)5/h11,14-15H,6-10H2,1-5H3. The van der Waals surface area contributed by atoms with Crippen LogP contribution in [0.5, 0.6) is 5.88 Å². The molecule has 1 aliphatic rings. The first-order valence-electron chi connectivity index (χ1n) is 9.32. The van der Waals surface area contributed by atoms with Gasteiger partial charge in [-0.2, -0.15) is 0 Å². The zero-order chi connectivity index (χ0) is 18.9. The molecule has 1 fully saturated rings. The van der Waals surface area contributed by atoms with Crippen LogP contribution in [0.25, 0.3) is 10.2 Å². The number of nitrogens with zero attached hydrogens (tertiary/aromatic N) is 2. The van der Waals surface area contributed by atoms with Crippen molar-refractivity contribution >= 4 is 27.5 Å². The van der Waals surface area contributed by atoms with Crippen molar-refractivity contribution < 1.29 is 14.3 Å². The maximum absolute atomic E-state index is 12.0. The van der Waals surface area contributed by atoms with Crippen LogP contribution in [0.1, 0.15) is 63.3 Å². The Labute approximate surface area is 159 Å². The molecule has 0 saturated heterocycles. The van der Waals surface area contributed by atoms with Crippen LogP contribution in [0.2, 0.25) is 0 Å². The lowest BCUT2D eigenvalue weighted by Gasteiger charge is -2.29. The van der Waals surface area contributed by atoms with Crippen molar-refractivity contribution in [3.63, 3.8) is 0 Å². The van der Waals surface area contributed by atoms with E-state index >= 15 is 0 Å². The van der Waals surface area contributed by atoms with E-state index < -0.39 is 5.60 Å². The molecule has 0 aliphatic heterocycles. The van der Waals surface area contributed by atoms with Crippen LogP contribution in [-0.2, 0) is 9.53 Å². The first-order chi connectivity index (χ1) is 12.2. The van der Waals surface area contributed by atoms with Gasteiger partial charge in [0.2, 0.25) is 5.88 Å². The summed E-state index contributed by atoms with van der Waals surface area (Å²) in [6.07, 6.45) is 6.11. The fraction of sp³-hybridized carbons (Fsp3) is 0.650. The molecule has 142 valence electrons. The molecule has 3 rings (SSSR count). The molecule has 0 N–H and O–H groups in total. The Morgan fingerprint density at radius 2 is 1.88 bits per heavy atom. The number of thiophene rings is 1. The van der Waals surface area contributed by atoms with Crippen molar-refractivity contribution in [1.82, 2.24) is 9.97 Å². The van der Waals surface area contributed by atoms with Crippen molar-refractivity contribution in [1.29, 1.82) is 0 Å². The molecule has 0 atom stereocenters. The molecule has 0 unspecified atom stereocenters. The minimum atomic E-state index is -0.410. The predicted octanol–water partition coefficient (Wildman–Crippen LogP) is 4.98. The van der Waals surface area contributed by atoms with Gasteiger partial charge in [-0.15, -0.1) is 11.3 Å². The number of rotatable bonds is 4. The molecule has 0 spiro atoms. The molecular weight excluding hydrogens is 348 g/mol. The molecule has 6 heteroatoms. The second kappa shape index (κ2) is 7.51. The van der Waals surface area contributed by atoms with Gasteiger partial charge in [-0.05, 0) is 71.8 Å². The summed E-state index contributed by atoms with van der Waals surface area (Å²) < 4.78 is 11.7.